The number of nitrogens with zero attached hydrogens (tertiary/aromatic N) is 2. The molecule has 0 spiro atoms. The van der Waals surface area contributed by atoms with E-state index in [2.05, 4.69) is 15.5 Å². The zero-order valence-corrected chi connectivity index (χ0v) is 7.03. The first kappa shape index (κ1) is 7.68. The van der Waals surface area contributed by atoms with E-state index < -0.39 is 0 Å². The highest BCUT2D eigenvalue weighted by molar-refractivity contribution is 4.98. The third-order valence-electron chi connectivity index (χ3n) is 2.06. The third-order valence-corrected chi connectivity index (χ3v) is 2.06. The van der Waals surface area contributed by atoms with Crippen LogP contribution in [-0.4, -0.2) is 16.7 Å². The van der Waals surface area contributed by atoms with E-state index in [1.165, 1.54) is 12.8 Å². The Kier molecular flexibility index (Phi) is 2.32. The summed E-state index contributed by atoms with van der Waals surface area (Å²) in [6.45, 7) is 1.99. The summed E-state index contributed by atoms with van der Waals surface area (Å²) in [7, 11) is 0. The van der Waals surface area contributed by atoms with Crippen LogP contribution in [0, 0.1) is 5.92 Å². The first-order chi connectivity index (χ1) is 5.95. The number of hydrogen-bond donors (Lipinski definition) is 1. The second kappa shape index (κ2) is 3.63. The summed E-state index contributed by atoms with van der Waals surface area (Å²) in [6.07, 6.45) is 4.49. The molecule has 0 unspecified atom stereocenters. The maximum atomic E-state index is 3.98. The maximum Gasteiger partial charge on any atom is 0.0768 e. The Morgan fingerprint density at radius 3 is 3.08 bits per heavy atom. The molecule has 2 rings (SSSR count). The molecule has 1 aliphatic carbocycles. The van der Waals surface area contributed by atoms with E-state index in [9.17, 15) is 0 Å². The van der Waals surface area contributed by atoms with E-state index in [1.54, 1.807) is 6.20 Å². The van der Waals surface area contributed by atoms with Gasteiger partial charge in [-0.05, 0) is 37.4 Å². The maximum absolute atomic E-state index is 3.98. The van der Waals surface area contributed by atoms with Crippen molar-refractivity contribution in [2.24, 2.45) is 5.92 Å². The van der Waals surface area contributed by atoms with Crippen molar-refractivity contribution in [2.75, 3.05) is 6.54 Å². The lowest BCUT2D eigenvalue weighted by Gasteiger charge is -2.00. The molecule has 1 aromatic heterocycles. The zero-order chi connectivity index (χ0) is 8.23. The summed E-state index contributed by atoms with van der Waals surface area (Å²) < 4.78 is 0. The Balaban J connectivity index is 1.72. The van der Waals surface area contributed by atoms with Crippen LogP contribution >= 0.6 is 0 Å². The van der Waals surface area contributed by atoms with Crippen LogP contribution in [0.25, 0.3) is 0 Å². The quantitative estimate of drug-likeness (QED) is 0.719. The average Bonchev–Trinajstić information content (AvgIpc) is 2.90. The van der Waals surface area contributed by atoms with Crippen molar-refractivity contribution in [3.8, 4) is 0 Å². The van der Waals surface area contributed by atoms with Crippen LogP contribution in [-0.2, 0) is 6.54 Å². The van der Waals surface area contributed by atoms with Crippen LogP contribution in [0.1, 0.15) is 18.5 Å². The van der Waals surface area contributed by atoms with Gasteiger partial charge in [0.1, 0.15) is 0 Å². The molecule has 1 N–H and O–H groups in total. The van der Waals surface area contributed by atoms with Gasteiger partial charge in [0, 0.05) is 12.7 Å². The van der Waals surface area contributed by atoms with Crippen LogP contribution in [0.2, 0.25) is 0 Å². The van der Waals surface area contributed by atoms with Gasteiger partial charge >= 0.3 is 0 Å². The van der Waals surface area contributed by atoms with Crippen LogP contribution in [0.15, 0.2) is 18.3 Å². The summed E-state index contributed by atoms with van der Waals surface area (Å²) in [6, 6.07) is 3.91. The largest absolute Gasteiger partial charge is 0.311 e. The minimum absolute atomic E-state index is 0.852. The lowest BCUT2D eigenvalue weighted by molar-refractivity contribution is 0.625. The van der Waals surface area contributed by atoms with Crippen LogP contribution in [0.3, 0.4) is 0 Å². The van der Waals surface area contributed by atoms with Gasteiger partial charge in [0.15, 0.2) is 0 Å². The topological polar surface area (TPSA) is 37.8 Å². The minimum Gasteiger partial charge on any atom is -0.311 e. The normalized spacial score (nSPS) is 16.3. The molecule has 1 heterocycles. The highest BCUT2D eigenvalue weighted by Crippen LogP contribution is 2.27. The first-order valence-electron chi connectivity index (χ1n) is 4.42. The Bertz CT molecular complexity index is 231. The summed E-state index contributed by atoms with van der Waals surface area (Å²) in [5, 5.41) is 11.2. The third kappa shape index (κ3) is 2.27. The lowest BCUT2D eigenvalue weighted by Crippen LogP contribution is -2.16. The van der Waals surface area contributed by atoms with Gasteiger partial charge < -0.3 is 5.32 Å². The lowest BCUT2D eigenvalue weighted by atomic mass is 10.3. The van der Waals surface area contributed by atoms with Crippen LogP contribution in [0.5, 0.6) is 0 Å². The monoisotopic (exact) mass is 163 g/mol. The van der Waals surface area contributed by atoms with E-state index >= 15 is 0 Å². The fourth-order valence-electron chi connectivity index (χ4n) is 1.15. The van der Waals surface area contributed by atoms with Gasteiger partial charge in [0.05, 0.1) is 5.69 Å². The molecule has 0 aromatic carbocycles. The zero-order valence-electron chi connectivity index (χ0n) is 7.03. The molecule has 3 nitrogen and oxygen atoms in total. The molecule has 0 atom stereocenters. The molecule has 12 heavy (non-hydrogen) atoms. The molecule has 0 amide bonds. The predicted octanol–water partition coefficient (Wildman–Crippen LogP) is 0.976. The molecule has 1 fully saturated rings. The van der Waals surface area contributed by atoms with Crippen molar-refractivity contribution in [1.82, 2.24) is 15.5 Å². The molecular formula is C9H13N3. The SMILES string of the molecule is c1cnnc(CNCC2CC2)c1. The van der Waals surface area contributed by atoms with Crippen molar-refractivity contribution in [1.29, 1.82) is 0 Å². The highest BCUT2D eigenvalue weighted by atomic mass is 15.1. The van der Waals surface area contributed by atoms with Gasteiger partial charge in [-0.25, -0.2) is 0 Å². The van der Waals surface area contributed by atoms with Crippen molar-refractivity contribution >= 4 is 0 Å². The Morgan fingerprint density at radius 2 is 2.42 bits per heavy atom. The second-order valence-corrected chi connectivity index (χ2v) is 3.29. The van der Waals surface area contributed by atoms with Gasteiger partial charge in [0.2, 0.25) is 0 Å². The van der Waals surface area contributed by atoms with Crippen molar-refractivity contribution < 1.29 is 0 Å². The van der Waals surface area contributed by atoms with Crippen molar-refractivity contribution in [2.45, 2.75) is 19.4 Å². The molecule has 64 valence electrons. The standard InChI is InChI=1S/C9H13N3/c1-2-9(12-11-5-1)7-10-6-8-3-4-8/h1-2,5,8,10H,3-4,6-7H2. The Morgan fingerprint density at radius 1 is 1.50 bits per heavy atom. The number of hydrogen-bond acceptors (Lipinski definition) is 3. The molecule has 0 aliphatic heterocycles. The van der Waals surface area contributed by atoms with Gasteiger partial charge in [-0.15, -0.1) is 0 Å². The molecule has 1 aliphatic rings. The van der Waals surface area contributed by atoms with Crippen LogP contribution in [0.4, 0.5) is 0 Å². The van der Waals surface area contributed by atoms with Crippen LogP contribution < -0.4 is 5.32 Å². The summed E-state index contributed by atoms with van der Waals surface area (Å²) in [4.78, 5) is 0. The van der Waals surface area contributed by atoms with E-state index in [4.69, 9.17) is 0 Å². The second-order valence-electron chi connectivity index (χ2n) is 3.29. The van der Waals surface area contributed by atoms with Gasteiger partial charge in [-0.1, -0.05) is 0 Å². The molecular weight excluding hydrogens is 150 g/mol. The van der Waals surface area contributed by atoms with E-state index in [0.29, 0.717) is 0 Å². The molecule has 0 saturated heterocycles. The Labute approximate surface area is 72.2 Å². The molecule has 0 bridgehead atoms. The van der Waals surface area contributed by atoms with Gasteiger partial charge in [-0.3, -0.25) is 0 Å². The van der Waals surface area contributed by atoms with E-state index in [-0.39, 0.29) is 0 Å². The molecule has 3 heteroatoms. The van der Waals surface area contributed by atoms with E-state index in [0.717, 1.165) is 24.7 Å². The molecule has 0 radical (unpaired) electrons. The van der Waals surface area contributed by atoms with Gasteiger partial charge in [-0.2, -0.15) is 10.2 Å². The fourth-order valence-corrected chi connectivity index (χ4v) is 1.15. The van der Waals surface area contributed by atoms with Gasteiger partial charge in [0.25, 0.3) is 0 Å². The minimum atomic E-state index is 0.852. The molecule has 1 aromatic rings. The Hall–Kier alpha value is -0.960. The summed E-state index contributed by atoms with van der Waals surface area (Å²) in [5.41, 5.74) is 1.03. The summed E-state index contributed by atoms with van der Waals surface area (Å²) in [5.74, 6) is 0.932. The predicted molar refractivity (Wildman–Crippen MR) is 46.5 cm³/mol. The number of aromatic nitrogens is 2. The number of rotatable bonds is 4. The highest BCUT2D eigenvalue weighted by Gasteiger charge is 2.20. The van der Waals surface area contributed by atoms with E-state index in [1.807, 2.05) is 12.1 Å². The summed E-state index contributed by atoms with van der Waals surface area (Å²) >= 11 is 0. The average molecular weight is 163 g/mol. The van der Waals surface area contributed by atoms with Crippen molar-refractivity contribution in [3.63, 3.8) is 0 Å². The smallest absolute Gasteiger partial charge is 0.0768 e. The first-order valence-corrected chi connectivity index (χ1v) is 4.42. The number of nitrogens with one attached hydrogen (secondary N) is 1. The van der Waals surface area contributed by atoms with Crippen molar-refractivity contribution in [3.05, 3.63) is 24.0 Å². The molecule has 1 saturated carbocycles. The fraction of sp³-hybridized carbons (Fsp3) is 0.556.